The van der Waals surface area contributed by atoms with Crippen molar-refractivity contribution in [2.75, 3.05) is 13.6 Å². The number of nitrogens with one attached hydrogen (secondary N) is 1. The summed E-state index contributed by atoms with van der Waals surface area (Å²) >= 11 is 0. The maximum atomic E-state index is 4.39. The van der Waals surface area contributed by atoms with Crippen LogP contribution in [0.2, 0.25) is 0 Å². The summed E-state index contributed by atoms with van der Waals surface area (Å²) in [5.41, 5.74) is 0.276. The molecule has 0 saturated carbocycles. The molecule has 1 rings (SSSR count). The van der Waals surface area contributed by atoms with Crippen molar-refractivity contribution in [1.29, 1.82) is 0 Å². The lowest BCUT2D eigenvalue weighted by Gasteiger charge is -2.25. The molecule has 15 heavy (non-hydrogen) atoms. The van der Waals surface area contributed by atoms with E-state index in [0.29, 0.717) is 0 Å². The SMILES string of the molecule is CCCc1nccn1CC(C)(C)CNC. The largest absolute Gasteiger partial charge is 0.334 e. The summed E-state index contributed by atoms with van der Waals surface area (Å²) in [6, 6.07) is 0. The summed E-state index contributed by atoms with van der Waals surface area (Å²) in [7, 11) is 2.00. The van der Waals surface area contributed by atoms with Gasteiger partial charge in [0.2, 0.25) is 0 Å². The van der Waals surface area contributed by atoms with E-state index in [1.807, 2.05) is 13.2 Å². The molecule has 0 amide bonds. The quantitative estimate of drug-likeness (QED) is 0.777. The van der Waals surface area contributed by atoms with Crippen LogP contribution in [0.4, 0.5) is 0 Å². The van der Waals surface area contributed by atoms with E-state index in [9.17, 15) is 0 Å². The number of rotatable bonds is 6. The lowest BCUT2D eigenvalue weighted by atomic mass is 9.93. The maximum absolute atomic E-state index is 4.39. The van der Waals surface area contributed by atoms with Crippen molar-refractivity contribution in [3.63, 3.8) is 0 Å². The van der Waals surface area contributed by atoms with Crippen molar-refractivity contribution in [3.8, 4) is 0 Å². The Morgan fingerprint density at radius 2 is 2.20 bits per heavy atom. The molecule has 0 bridgehead atoms. The third-order valence-corrected chi connectivity index (χ3v) is 2.53. The minimum atomic E-state index is 0.276. The molecule has 0 radical (unpaired) electrons. The van der Waals surface area contributed by atoms with Gasteiger partial charge in [0.05, 0.1) is 0 Å². The van der Waals surface area contributed by atoms with E-state index in [4.69, 9.17) is 0 Å². The summed E-state index contributed by atoms with van der Waals surface area (Å²) < 4.78 is 2.28. The first-order chi connectivity index (χ1) is 7.09. The molecule has 0 spiro atoms. The second kappa shape index (κ2) is 5.31. The Kier molecular flexibility index (Phi) is 4.33. The van der Waals surface area contributed by atoms with Gasteiger partial charge in [-0.05, 0) is 18.9 Å². The first kappa shape index (κ1) is 12.2. The summed E-state index contributed by atoms with van der Waals surface area (Å²) in [4.78, 5) is 4.39. The van der Waals surface area contributed by atoms with Crippen molar-refractivity contribution < 1.29 is 0 Å². The summed E-state index contributed by atoms with van der Waals surface area (Å²) in [5, 5.41) is 3.24. The van der Waals surface area contributed by atoms with E-state index in [-0.39, 0.29) is 5.41 Å². The zero-order chi connectivity index (χ0) is 11.3. The van der Waals surface area contributed by atoms with Crippen molar-refractivity contribution in [3.05, 3.63) is 18.2 Å². The van der Waals surface area contributed by atoms with Crippen LogP contribution in [0.15, 0.2) is 12.4 Å². The Hall–Kier alpha value is -0.830. The van der Waals surface area contributed by atoms with Gasteiger partial charge in [-0.15, -0.1) is 0 Å². The van der Waals surface area contributed by atoms with Crippen LogP contribution >= 0.6 is 0 Å². The summed E-state index contributed by atoms with van der Waals surface area (Å²) in [6.07, 6.45) is 6.22. The number of imidazole rings is 1. The number of aromatic nitrogens is 2. The van der Waals surface area contributed by atoms with E-state index >= 15 is 0 Å². The second-order valence-electron chi connectivity index (χ2n) is 4.92. The van der Waals surface area contributed by atoms with Gasteiger partial charge in [0.1, 0.15) is 5.82 Å². The van der Waals surface area contributed by atoms with Crippen molar-refractivity contribution in [2.45, 2.75) is 40.2 Å². The van der Waals surface area contributed by atoms with E-state index < -0.39 is 0 Å². The first-order valence-corrected chi connectivity index (χ1v) is 5.73. The minimum Gasteiger partial charge on any atom is -0.334 e. The molecule has 0 aromatic carbocycles. The molecular formula is C12H23N3. The summed E-state index contributed by atoms with van der Waals surface area (Å²) in [6.45, 7) is 8.80. The highest BCUT2D eigenvalue weighted by atomic mass is 15.1. The maximum Gasteiger partial charge on any atom is 0.108 e. The van der Waals surface area contributed by atoms with Gasteiger partial charge in [-0.3, -0.25) is 0 Å². The Morgan fingerprint density at radius 1 is 1.47 bits per heavy atom. The fourth-order valence-electron chi connectivity index (χ4n) is 1.93. The highest BCUT2D eigenvalue weighted by Gasteiger charge is 2.18. The third kappa shape index (κ3) is 3.67. The molecule has 1 aromatic heterocycles. The van der Waals surface area contributed by atoms with Crippen LogP contribution in [0.1, 0.15) is 33.0 Å². The van der Waals surface area contributed by atoms with Crippen molar-refractivity contribution >= 4 is 0 Å². The zero-order valence-electron chi connectivity index (χ0n) is 10.4. The van der Waals surface area contributed by atoms with Gasteiger partial charge in [0.15, 0.2) is 0 Å². The van der Waals surface area contributed by atoms with Crippen LogP contribution < -0.4 is 5.32 Å². The van der Waals surface area contributed by atoms with Gasteiger partial charge in [-0.1, -0.05) is 20.8 Å². The van der Waals surface area contributed by atoms with Crippen LogP contribution in [0.5, 0.6) is 0 Å². The normalized spacial score (nSPS) is 12.0. The lowest BCUT2D eigenvalue weighted by molar-refractivity contribution is 0.293. The van der Waals surface area contributed by atoms with Gasteiger partial charge in [-0.2, -0.15) is 0 Å². The zero-order valence-corrected chi connectivity index (χ0v) is 10.4. The molecule has 0 atom stereocenters. The van der Waals surface area contributed by atoms with Gasteiger partial charge in [0.25, 0.3) is 0 Å². The third-order valence-electron chi connectivity index (χ3n) is 2.53. The van der Waals surface area contributed by atoms with Crippen LogP contribution in [0, 0.1) is 5.41 Å². The van der Waals surface area contributed by atoms with Crippen molar-refractivity contribution in [2.24, 2.45) is 5.41 Å². The lowest BCUT2D eigenvalue weighted by Crippen LogP contribution is -2.31. The van der Waals surface area contributed by atoms with Crippen molar-refractivity contribution in [1.82, 2.24) is 14.9 Å². The highest BCUT2D eigenvalue weighted by Crippen LogP contribution is 2.18. The molecule has 86 valence electrons. The van der Waals surface area contributed by atoms with E-state index in [2.05, 4.69) is 41.8 Å². The number of hydrogen-bond donors (Lipinski definition) is 1. The first-order valence-electron chi connectivity index (χ1n) is 5.73. The van der Waals surface area contributed by atoms with Gasteiger partial charge >= 0.3 is 0 Å². The molecule has 0 unspecified atom stereocenters. The highest BCUT2D eigenvalue weighted by molar-refractivity contribution is 4.94. The van der Waals surface area contributed by atoms with E-state index in [1.54, 1.807) is 0 Å². The van der Waals surface area contributed by atoms with Gasteiger partial charge < -0.3 is 9.88 Å². The topological polar surface area (TPSA) is 29.9 Å². The van der Waals surface area contributed by atoms with E-state index in [0.717, 1.165) is 25.9 Å². The predicted molar refractivity (Wildman–Crippen MR) is 63.9 cm³/mol. The number of nitrogens with zero attached hydrogens (tertiary/aromatic N) is 2. The fraction of sp³-hybridized carbons (Fsp3) is 0.750. The van der Waals surface area contributed by atoms with Gasteiger partial charge in [0, 0.05) is 31.9 Å². The molecule has 1 N–H and O–H groups in total. The molecule has 0 aliphatic carbocycles. The predicted octanol–water partition coefficient (Wildman–Crippen LogP) is 2.08. The average Bonchev–Trinajstić information content (AvgIpc) is 2.52. The molecule has 3 nitrogen and oxygen atoms in total. The smallest absolute Gasteiger partial charge is 0.108 e. The van der Waals surface area contributed by atoms with Gasteiger partial charge in [-0.25, -0.2) is 4.98 Å². The minimum absolute atomic E-state index is 0.276. The standard InChI is InChI=1S/C12H23N3/c1-5-6-11-14-7-8-15(11)10-12(2,3)9-13-4/h7-8,13H,5-6,9-10H2,1-4H3. The molecule has 0 aliphatic rings. The van der Waals surface area contributed by atoms with Crippen LogP contribution in [-0.2, 0) is 13.0 Å². The molecule has 1 heterocycles. The molecule has 0 fully saturated rings. The molecule has 3 heteroatoms. The molecule has 0 saturated heterocycles. The van der Waals surface area contributed by atoms with E-state index in [1.165, 1.54) is 5.82 Å². The summed E-state index contributed by atoms with van der Waals surface area (Å²) in [5.74, 6) is 1.21. The Bertz CT molecular complexity index is 289. The van der Waals surface area contributed by atoms with Crippen LogP contribution in [0.25, 0.3) is 0 Å². The molecule has 0 aliphatic heterocycles. The fourth-order valence-corrected chi connectivity index (χ4v) is 1.93. The Labute approximate surface area is 92.9 Å². The molecular weight excluding hydrogens is 186 g/mol. The Balaban J connectivity index is 2.66. The van der Waals surface area contributed by atoms with Crippen LogP contribution in [-0.4, -0.2) is 23.1 Å². The number of hydrogen-bond acceptors (Lipinski definition) is 2. The second-order valence-corrected chi connectivity index (χ2v) is 4.92. The monoisotopic (exact) mass is 209 g/mol. The van der Waals surface area contributed by atoms with Crippen LogP contribution in [0.3, 0.4) is 0 Å². The Morgan fingerprint density at radius 3 is 2.80 bits per heavy atom. The molecule has 1 aromatic rings. The number of aryl methyl sites for hydroxylation is 1. The average molecular weight is 209 g/mol.